The lowest BCUT2D eigenvalue weighted by atomic mass is 9.68. The molecule has 1 N–H and O–H groups in total. The second-order valence-corrected chi connectivity index (χ2v) is 10.6. The van der Waals surface area contributed by atoms with E-state index < -0.39 is 0 Å². The zero-order valence-electron chi connectivity index (χ0n) is 18.4. The van der Waals surface area contributed by atoms with Crippen molar-refractivity contribution in [1.29, 1.82) is 0 Å². The molecule has 3 aromatic rings. The Bertz CT molecular complexity index is 1260. The molecule has 0 fully saturated rings. The number of allylic oxidation sites excluding steroid dienone is 1. The van der Waals surface area contributed by atoms with Crippen LogP contribution in [0.25, 0.3) is 16.3 Å². The smallest absolute Gasteiger partial charge is 0.162 e. The van der Waals surface area contributed by atoms with Crippen LogP contribution in [0.4, 0.5) is 11.4 Å². The first kappa shape index (κ1) is 20.3. The summed E-state index contributed by atoms with van der Waals surface area (Å²) in [6, 6.07) is 19.1. The standard InChI is InChI=1S/C27H27BrN2O/c1-27(2)14-20-19-11-9-16-7-5-6-8-18(16)26(19)29-25(24(20)23(31)15-27)17-10-12-22(30(3)4)21(28)13-17/h5-13,25,29H,14-15H2,1-4H3. The quantitative estimate of drug-likeness (QED) is 0.434. The van der Waals surface area contributed by atoms with E-state index in [-0.39, 0.29) is 17.2 Å². The van der Waals surface area contributed by atoms with Gasteiger partial charge in [-0.3, -0.25) is 4.79 Å². The molecule has 5 rings (SSSR count). The van der Waals surface area contributed by atoms with Gasteiger partial charge in [0.15, 0.2) is 5.78 Å². The summed E-state index contributed by atoms with van der Waals surface area (Å²) in [7, 11) is 4.07. The van der Waals surface area contributed by atoms with Gasteiger partial charge in [0, 0.05) is 41.5 Å². The molecule has 0 saturated carbocycles. The minimum absolute atomic E-state index is 0.0317. The molecule has 0 aromatic heterocycles. The van der Waals surface area contributed by atoms with Crippen molar-refractivity contribution in [2.45, 2.75) is 32.7 Å². The average molecular weight is 475 g/mol. The van der Waals surface area contributed by atoms with Gasteiger partial charge in [0.1, 0.15) is 0 Å². The molecule has 3 aromatic carbocycles. The second-order valence-electron chi connectivity index (χ2n) is 9.73. The minimum atomic E-state index is -0.149. The van der Waals surface area contributed by atoms with Crippen molar-refractivity contribution >= 4 is 49.4 Å². The Morgan fingerprint density at radius 3 is 2.55 bits per heavy atom. The van der Waals surface area contributed by atoms with E-state index in [1.54, 1.807) is 0 Å². The van der Waals surface area contributed by atoms with Gasteiger partial charge in [0.2, 0.25) is 0 Å². The molecular formula is C27H27BrN2O. The molecule has 0 saturated heterocycles. The van der Waals surface area contributed by atoms with Crippen LogP contribution in [0.2, 0.25) is 0 Å². The fourth-order valence-corrected chi connectivity index (χ4v) is 5.87. The number of Topliss-reactive ketones (excluding diaryl/α,β-unsaturated/α-hetero) is 1. The van der Waals surface area contributed by atoms with Crippen LogP contribution in [0.3, 0.4) is 0 Å². The van der Waals surface area contributed by atoms with Gasteiger partial charge in [-0.15, -0.1) is 0 Å². The lowest BCUT2D eigenvalue weighted by Crippen LogP contribution is -2.33. The summed E-state index contributed by atoms with van der Waals surface area (Å²) in [5, 5.41) is 6.19. The van der Waals surface area contributed by atoms with E-state index in [2.05, 4.69) is 94.6 Å². The molecule has 0 radical (unpaired) electrons. The highest BCUT2D eigenvalue weighted by Crippen LogP contribution is 2.52. The van der Waals surface area contributed by atoms with Gasteiger partial charge >= 0.3 is 0 Å². The van der Waals surface area contributed by atoms with Crippen LogP contribution in [-0.4, -0.2) is 19.9 Å². The largest absolute Gasteiger partial charge is 0.377 e. The van der Waals surface area contributed by atoms with Crippen molar-refractivity contribution in [2.75, 3.05) is 24.3 Å². The van der Waals surface area contributed by atoms with Gasteiger partial charge < -0.3 is 10.2 Å². The number of hydrogen-bond donors (Lipinski definition) is 1. The highest BCUT2D eigenvalue weighted by Gasteiger charge is 2.40. The summed E-state index contributed by atoms with van der Waals surface area (Å²) in [5.41, 5.74) is 6.66. The maximum Gasteiger partial charge on any atom is 0.162 e. The van der Waals surface area contributed by atoms with E-state index in [1.165, 1.54) is 21.9 Å². The number of nitrogens with one attached hydrogen (secondary N) is 1. The highest BCUT2D eigenvalue weighted by molar-refractivity contribution is 9.10. The summed E-state index contributed by atoms with van der Waals surface area (Å²) in [4.78, 5) is 15.5. The van der Waals surface area contributed by atoms with Gasteiger partial charge in [0.25, 0.3) is 0 Å². The van der Waals surface area contributed by atoms with Crippen molar-refractivity contribution in [2.24, 2.45) is 5.41 Å². The number of benzene rings is 3. The molecular weight excluding hydrogens is 448 g/mol. The number of hydrogen-bond acceptors (Lipinski definition) is 3. The predicted molar refractivity (Wildman–Crippen MR) is 134 cm³/mol. The molecule has 0 amide bonds. The first-order valence-corrected chi connectivity index (χ1v) is 11.6. The lowest BCUT2D eigenvalue weighted by molar-refractivity contribution is -0.118. The maximum atomic E-state index is 13.4. The van der Waals surface area contributed by atoms with Crippen molar-refractivity contribution in [3.63, 3.8) is 0 Å². The van der Waals surface area contributed by atoms with Crippen molar-refractivity contribution in [3.05, 3.63) is 75.8 Å². The topological polar surface area (TPSA) is 32.3 Å². The second kappa shape index (κ2) is 7.23. The molecule has 3 nitrogen and oxygen atoms in total. The van der Waals surface area contributed by atoms with Crippen molar-refractivity contribution in [3.8, 4) is 0 Å². The lowest BCUT2D eigenvalue weighted by Gasteiger charge is -2.40. The molecule has 1 atom stereocenters. The molecule has 1 unspecified atom stereocenters. The molecule has 2 aliphatic rings. The van der Waals surface area contributed by atoms with Gasteiger partial charge in [-0.2, -0.15) is 0 Å². The fraction of sp³-hybridized carbons (Fsp3) is 0.296. The Labute approximate surface area is 192 Å². The molecule has 1 aliphatic carbocycles. The van der Waals surface area contributed by atoms with Crippen LogP contribution >= 0.6 is 15.9 Å². The number of halogens is 1. The molecule has 4 heteroatoms. The van der Waals surface area contributed by atoms with Crippen molar-refractivity contribution in [1.82, 2.24) is 0 Å². The van der Waals surface area contributed by atoms with Crippen molar-refractivity contribution < 1.29 is 4.79 Å². The van der Waals surface area contributed by atoms with Gasteiger partial charge in [-0.1, -0.05) is 56.3 Å². The number of rotatable bonds is 2. The van der Waals surface area contributed by atoms with E-state index in [4.69, 9.17) is 0 Å². The van der Waals surface area contributed by atoms with E-state index in [0.717, 1.165) is 33.4 Å². The first-order chi connectivity index (χ1) is 14.7. The Kier molecular flexibility index (Phi) is 4.74. The third-order valence-corrected chi connectivity index (χ3v) is 7.17. The van der Waals surface area contributed by atoms with Gasteiger partial charge in [0.05, 0.1) is 17.4 Å². The normalized spacial score (nSPS) is 19.6. The Morgan fingerprint density at radius 1 is 1.03 bits per heavy atom. The predicted octanol–water partition coefficient (Wildman–Crippen LogP) is 6.98. The Balaban J connectivity index is 1.75. The van der Waals surface area contributed by atoms with Crippen LogP contribution in [-0.2, 0) is 4.79 Å². The van der Waals surface area contributed by atoms with Crippen LogP contribution in [0, 0.1) is 5.41 Å². The van der Waals surface area contributed by atoms with Crippen LogP contribution in [0.1, 0.15) is 43.9 Å². The molecule has 0 bridgehead atoms. The fourth-order valence-electron chi connectivity index (χ4n) is 5.12. The number of nitrogens with zero attached hydrogens (tertiary/aromatic N) is 1. The molecule has 1 heterocycles. The van der Waals surface area contributed by atoms with E-state index >= 15 is 0 Å². The summed E-state index contributed by atoms with van der Waals surface area (Å²) in [5.74, 6) is 0.260. The number of carbonyl (C=O) groups is 1. The molecule has 1 aliphatic heterocycles. The van der Waals surface area contributed by atoms with Gasteiger partial charge in [-0.05, 0) is 56.4 Å². The summed E-state index contributed by atoms with van der Waals surface area (Å²) in [6.45, 7) is 4.41. The summed E-state index contributed by atoms with van der Waals surface area (Å²) >= 11 is 3.74. The zero-order chi connectivity index (χ0) is 21.9. The Hall–Kier alpha value is -2.59. The number of carbonyl (C=O) groups excluding carboxylic acids is 1. The number of fused-ring (bicyclic) bond motifs is 4. The Morgan fingerprint density at radius 2 is 1.81 bits per heavy atom. The average Bonchev–Trinajstić information content (AvgIpc) is 2.71. The third-order valence-electron chi connectivity index (χ3n) is 6.54. The van der Waals surface area contributed by atoms with E-state index in [9.17, 15) is 4.79 Å². The molecule has 31 heavy (non-hydrogen) atoms. The highest BCUT2D eigenvalue weighted by atomic mass is 79.9. The number of anilines is 2. The van der Waals surface area contributed by atoms with Gasteiger partial charge in [-0.25, -0.2) is 0 Å². The SMILES string of the molecule is CN(C)c1ccc(C2Nc3c(ccc4ccccc34)C3=C2C(=O)CC(C)(C)C3)cc1Br. The van der Waals surface area contributed by atoms with E-state index in [1.807, 2.05) is 14.1 Å². The molecule has 0 spiro atoms. The first-order valence-electron chi connectivity index (χ1n) is 10.8. The molecule has 158 valence electrons. The third kappa shape index (κ3) is 3.38. The van der Waals surface area contributed by atoms with Crippen LogP contribution in [0.5, 0.6) is 0 Å². The van der Waals surface area contributed by atoms with Crippen LogP contribution < -0.4 is 10.2 Å². The zero-order valence-corrected chi connectivity index (χ0v) is 20.0. The minimum Gasteiger partial charge on any atom is -0.377 e. The summed E-state index contributed by atoms with van der Waals surface area (Å²) < 4.78 is 1.03. The number of ketones is 1. The summed E-state index contributed by atoms with van der Waals surface area (Å²) in [6.07, 6.45) is 1.50. The monoisotopic (exact) mass is 474 g/mol. The van der Waals surface area contributed by atoms with Crippen LogP contribution in [0.15, 0.2) is 64.6 Å². The van der Waals surface area contributed by atoms with E-state index in [0.29, 0.717) is 6.42 Å². The maximum absolute atomic E-state index is 13.4.